The predicted molar refractivity (Wildman–Crippen MR) is 85.3 cm³/mol. The molecule has 2 rings (SSSR count). The second-order valence-corrected chi connectivity index (χ2v) is 6.62. The van der Waals surface area contributed by atoms with Crippen LogP contribution < -0.4 is 9.46 Å². The molecule has 2 aromatic carbocycles. The third-order valence-electron chi connectivity index (χ3n) is 2.96. The first-order valence-corrected chi connectivity index (χ1v) is 8.17. The lowest BCUT2D eigenvalue weighted by atomic mass is 10.1. The number of nitrogens with one attached hydrogen (secondary N) is 1. The summed E-state index contributed by atoms with van der Waals surface area (Å²) in [5.74, 6) is 0.100. The van der Waals surface area contributed by atoms with Gasteiger partial charge in [0.05, 0.1) is 7.11 Å². The summed E-state index contributed by atoms with van der Waals surface area (Å²) in [7, 11) is -2.48. The maximum absolute atomic E-state index is 12.4. The van der Waals surface area contributed by atoms with Crippen LogP contribution in [0.2, 0.25) is 5.02 Å². The van der Waals surface area contributed by atoms with E-state index in [4.69, 9.17) is 16.3 Å². The van der Waals surface area contributed by atoms with E-state index in [0.29, 0.717) is 11.3 Å². The summed E-state index contributed by atoms with van der Waals surface area (Å²) >= 11 is 5.85. The molecule has 0 aromatic heterocycles. The Balaban J connectivity index is 2.35. The van der Waals surface area contributed by atoms with Gasteiger partial charge >= 0.3 is 0 Å². The normalized spacial score (nSPS) is 11.0. The van der Waals surface area contributed by atoms with Crippen LogP contribution >= 0.6 is 11.6 Å². The molecule has 5 nitrogen and oxygen atoms in total. The largest absolute Gasteiger partial charge is 0.495 e. The van der Waals surface area contributed by atoms with Crippen molar-refractivity contribution in [2.45, 2.75) is 11.8 Å². The number of benzene rings is 2. The third kappa shape index (κ3) is 3.58. The zero-order chi connectivity index (χ0) is 16.3. The smallest absolute Gasteiger partial charge is 0.265 e. The number of methoxy groups -OCH3 is 1. The van der Waals surface area contributed by atoms with Gasteiger partial charge in [0.2, 0.25) is 0 Å². The fourth-order valence-corrected chi connectivity index (χ4v) is 3.34. The van der Waals surface area contributed by atoms with Crippen LogP contribution in [0.5, 0.6) is 5.75 Å². The van der Waals surface area contributed by atoms with Crippen LogP contribution in [0.4, 0.5) is 5.69 Å². The molecule has 22 heavy (non-hydrogen) atoms. The fourth-order valence-electron chi connectivity index (χ4n) is 1.84. The van der Waals surface area contributed by atoms with E-state index in [1.165, 1.54) is 38.3 Å². The summed E-state index contributed by atoms with van der Waals surface area (Å²) in [6.07, 6.45) is 0. The molecular formula is C15H14ClNO4S. The number of halogens is 1. The molecule has 0 fully saturated rings. The van der Waals surface area contributed by atoms with Gasteiger partial charge in [-0.3, -0.25) is 9.52 Å². The van der Waals surface area contributed by atoms with Gasteiger partial charge in [0, 0.05) is 16.3 Å². The van der Waals surface area contributed by atoms with E-state index in [-0.39, 0.29) is 21.5 Å². The molecule has 0 heterocycles. The Bertz CT molecular complexity index is 801. The minimum Gasteiger partial charge on any atom is -0.495 e. The molecule has 0 radical (unpaired) electrons. The molecule has 0 aliphatic rings. The van der Waals surface area contributed by atoms with Crippen LogP contribution in [0.3, 0.4) is 0 Å². The number of carbonyl (C=O) groups is 1. The number of anilines is 1. The molecule has 7 heteroatoms. The molecular weight excluding hydrogens is 326 g/mol. The number of ketones is 1. The topological polar surface area (TPSA) is 72.5 Å². The number of ether oxygens (including phenoxy) is 1. The van der Waals surface area contributed by atoms with E-state index in [1.54, 1.807) is 18.2 Å². The van der Waals surface area contributed by atoms with Crippen LogP contribution in [0.15, 0.2) is 47.4 Å². The molecule has 0 spiro atoms. The van der Waals surface area contributed by atoms with Crippen molar-refractivity contribution in [3.8, 4) is 5.75 Å². The number of carbonyl (C=O) groups excluding carboxylic acids is 1. The lowest BCUT2D eigenvalue weighted by Gasteiger charge is -2.12. The van der Waals surface area contributed by atoms with Gasteiger partial charge in [-0.05, 0) is 49.4 Å². The van der Waals surface area contributed by atoms with Crippen LogP contribution in [0, 0.1) is 0 Å². The van der Waals surface area contributed by atoms with Crippen LogP contribution in [-0.4, -0.2) is 21.3 Å². The van der Waals surface area contributed by atoms with E-state index < -0.39 is 10.0 Å². The standard InChI is InChI=1S/C15H14ClNO4S/c1-10(18)11-3-6-13(7-4-11)17-22(19,20)15-9-12(16)5-8-14(15)21-2/h3-9,17H,1-2H3. The van der Waals surface area contributed by atoms with Crippen LogP contribution in [0.25, 0.3) is 0 Å². The first-order chi connectivity index (χ1) is 10.3. The Hall–Kier alpha value is -2.05. The minimum absolute atomic E-state index is 0.0573. The second-order valence-electron chi connectivity index (χ2n) is 4.53. The summed E-state index contributed by atoms with van der Waals surface area (Å²) < 4.78 is 32.3. The van der Waals surface area contributed by atoms with Crippen molar-refractivity contribution in [2.24, 2.45) is 0 Å². The fraction of sp³-hybridized carbons (Fsp3) is 0.133. The maximum atomic E-state index is 12.4. The van der Waals surface area contributed by atoms with Crippen molar-refractivity contribution >= 4 is 33.1 Å². The number of hydrogen-bond donors (Lipinski definition) is 1. The average molecular weight is 340 g/mol. The molecule has 116 valence electrons. The van der Waals surface area contributed by atoms with E-state index in [0.717, 1.165) is 0 Å². The van der Waals surface area contributed by atoms with Gasteiger partial charge < -0.3 is 4.74 Å². The second kappa shape index (κ2) is 6.37. The lowest BCUT2D eigenvalue weighted by molar-refractivity contribution is 0.101. The van der Waals surface area contributed by atoms with Gasteiger partial charge in [-0.2, -0.15) is 0 Å². The SMILES string of the molecule is COc1ccc(Cl)cc1S(=O)(=O)Nc1ccc(C(C)=O)cc1. The van der Waals surface area contributed by atoms with Crippen molar-refractivity contribution < 1.29 is 17.9 Å². The van der Waals surface area contributed by atoms with E-state index >= 15 is 0 Å². The molecule has 2 aromatic rings. The zero-order valence-corrected chi connectivity index (χ0v) is 13.5. The predicted octanol–water partition coefficient (Wildman–Crippen LogP) is 3.35. The van der Waals surface area contributed by atoms with Crippen LogP contribution in [-0.2, 0) is 10.0 Å². The highest BCUT2D eigenvalue weighted by Crippen LogP contribution is 2.28. The van der Waals surface area contributed by atoms with Gasteiger partial charge in [-0.25, -0.2) is 8.42 Å². The van der Waals surface area contributed by atoms with Crippen molar-refractivity contribution in [1.82, 2.24) is 0 Å². The minimum atomic E-state index is -3.86. The summed E-state index contributed by atoms with van der Waals surface area (Å²) in [5, 5.41) is 0.285. The monoisotopic (exact) mass is 339 g/mol. The van der Waals surface area contributed by atoms with Crippen LogP contribution in [0.1, 0.15) is 17.3 Å². The number of rotatable bonds is 5. The van der Waals surface area contributed by atoms with Gasteiger partial charge in [-0.1, -0.05) is 11.6 Å². The highest BCUT2D eigenvalue weighted by molar-refractivity contribution is 7.92. The average Bonchev–Trinajstić information content (AvgIpc) is 2.47. The number of hydrogen-bond acceptors (Lipinski definition) is 4. The Labute approximate surface area is 133 Å². The maximum Gasteiger partial charge on any atom is 0.265 e. The molecule has 0 atom stereocenters. The summed E-state index contributed by atoms with van der Waals surface area (Å²) in [6, 6.07) is 10.5. The van der Waals surface area contributed by atoms with Crippen molar-refractivity contribution in [3.63, 3.8) is 0 Å². The van der Waals surface area contributed by atoms with Gasteiger partial charge in [-0.15, -0.1) is 0 Å². The molecule has 0 saturated carbocycles. The molecule has 1 N–H and O–H groups in total. The van der Waals surface area contributed by atoms with Gasteiger partial charge in [0.1, 0.15) is 10.6 Å². The molecule has 0 unspecified atom stereocenters. The first kappa shape index (κ1) is 16.3. The number of sulfonamides is 1. The summed E-state index contributed by atoms with van der Waals surface area (Å²) in [4.78, 5) is 11.2. The Morgan fingerprint density at radius 1 is 1.14 bits per heavy atom. The molecule has 0 aliphatic heterocycles. The molecule has 0 amide bonds. The Kier molecular flexibility index (Phi) is 4.73. The van der Waals surface area contributed by atoms with Crippen molar-refractivity contribution in [1.29, 1.82) is 0 Å². The Morgan fingerprint density at radius 3 is 2.32 bits per heavy atom. The van der Waals surface area contributed by atoms with E-state index in [1.807, 2.05) is 0 Å². The molecule has 0 bridgehead atoms. The highest BCUT2D eigenvalue weighted by Gasteiger charge is 2.20. The molecule has 0 saturated heterocycles. The summed E-state index contributed by atoms with van der Waals surface area (Å²) in [5.41, 5.74) is 0.843. The summed E-state index contributed by atoms with van der Waals surface area (Å²) in [6.45, 7) is 1.44. The highest BCUT2D eigenvalue weighted by atomic mass is 35.5. The third-order valence-corrected chi connectivity index (χ3v) is 4.60. The van der Waals surface area contributed by atoms with E-state index in [2.05, 4.69) is 4.72 Å². The lowest BCUT2D eigenvalue weighted by Crippen LogP contribution is -2.14. The quantitative estimate of drug-likeness (QED) is 0.848. The number of Topliss-reactive ketones (excluding diaryl/α,β-unsaturated/α-hetero) is 1. The first-order valence-electron chi connectivity index (χ1n) is 6.31. The van der Waals surface area contributed by atoms with Gasteiger partial charge in [0.25, 0.3) is 10.0 Å². The van der Waals surface area contributed by atoms with Crippen molar-refractivity contribution in [3.05, 3.63) is 53.1 Å². The van der Waals surface area contributed by atoms with Gasteiger partial charge in [0.15, 0.2) is 5.78 Å². The van der Waals surface area contributed by atoms with E-state index in [9.17, 15) is 13.2 Å². The zero-order valence-electron chi connectivity index (χ0n) is 12.0. The Morgan fingerprint density at radius 2 is 1.77 bits per heavy atom. The van der Waals surface area contributed by atoms with Crippen molar-refractivity contribution in [2.75, 3.05) is 11.8 Å². The molecule has 0 aliphatic carbocycles.